The fraction of sp³-hybridized carbons (Fsp3) is 0.640. The summed E-state index contributed by atoms with van der Waals surface area (Å²) in [7, 11) is 0. The highest BCUT2D eigenvalue weighted by Gasteiger charge is 2.45. The molecule has 2 saturated heterocycles. The summed E-state index contributed by atoms with van der Waals surface area (Å²) in [4.78, 5) is 24.3. The van der Waals surface area contributed by atoms with Crippen molar-refractivity contribution in [2.24, 2.45) is 0 Å². The Hall–Kier alpha value is -2.39. The molecule has 0 bridgehead atoms. The second kappa shape index (κ2) is 9.58. The number of hydrogen-bond acceptors (Lipinski definition) is 6. The van der Waals surface area contributed by atoms with Crippen LogP contribution in [-0.4, -0.2) is 77.5 Å². The largest absolute Gasteiger partial charge is 0.367 e. The van der Waals surface area contributed by atoms with Gasteiger partial charge in [-0.2, -0.15) is 4.98 Å². The zero-order valence-electron chi connectivity index (χ0n) is 20.6. The molecule has 3 fully saturated rings. The smallest absolute Gasteiger partial charge is 0.321 e. The number of halogens is 2. The highest BCUT2D eigenvalue weighted by Crippen LogP contribution is 2.44. The van der Waals surface area contributed by atoms with Crippen LogP contribution in [0.5, 0.6) is 0 Å². The number of benzene rings is 1. The number of amides is 2. The zero-order valence-corrected chi connectivity index (χ0v) is 21.4. The Balaban J connectivity index is 1.22. The van der Waals surface area contributed by atoms with Crippen LogP contribution in [0.15, 0.2) is 22.7 Å². The molecule has 3 aliphatic rings. The normalized spacial score (nSPS) is 24.6. The van der Waals surface area contributed by atoms with Gasteiger partial charge >= 0.3 is 6.03 Å². The molecule has 35 heavy (non-hydrogen) atoms. The molecule has 2 aromatic rings. The maximum absolute atomic E-state index is 13.4. The summed E-state index contributed by atoms with van der Waals surface area (Å²) in [5.41, 5.74) is 1.32. The van der Waals surface area contributed by atoms with E-state index in [1.165, 1.54) is 0 Å². The Morgan fingerprint density at radius 1 is 1.20 bits per heavy atom. The van der Waals surface area contributed by atoms with E-state index in [1.54, 1.807) is 0 Å². The topological polar surface area (TPSA) is 77.7 Å². The summed E-state index contributed by atoms with van der Waals surface area (Å²) < 4.78 is 18.7. The molecule has 2 aliphatic heterocycles. The molecule has 1 N–H and O–H groups in total. The lowest BCUT2D eigenvalue weighted by atomic mass is 9.80. The number of para-hydroxylation sites is 1. The van der Waals surface area contributed by atoms with Crippen molar-refractivity contribution in [3.05, 3.63) is 34.9 Å². The van der Waals surface area contributed by atoms with Crippen molar-refractivity contribution in [1.29, 1.82) is 0 Å². The van der Waals surface area contributed by atoms with Crippen molar-refractivity contribution < 1.29 is 13.7 Å². The van der Waals surface area contributed by atoms with Gasteiger partial charge in [-0.05, 0) is 45.2 Å². The molecule has 2 amide bonds. The molecular weight excluding hydrogens is 471 g/mol. The predicted molar refractivity (Wildman–Crippen MR) is 134 cm³/mol. The summed E-state index contributed by atoms with van der Waals surface area (Å²) in [6.45, 7) is 11.4. The monoisotopic (exact) mass is 504 g/mol. The molecule has 0 radical (unpaired) electrons. The van der Waals surface area contributed by atoms with E-state index in [1.807, 2.05) is 23.1 Å². The van der Waals surface area contributed by atoms with E-state index in [-0.39, 0.29) is 17.4 Å². The number of likely N-dealkylation sites (tertiary alicyclic amines) is 1. The molecule has 1 aliphatic carbocycles. The third kappa shape index (κ3) is 4.98. The molecule has 1 aromatic heterocycles. The van der Waals surface area contributed by atoms with Gasteiger partial charge in [0.1, 0.15) is 6.17 Å². The van der Waals surface area contributed by atoms with Gasteiger partial charge in [0.15, 0.2) is 5.82 Å². The van der Waals surface area contributed by atoms with Crippen LogP contribution in [0.25, 0.3) is 0 Å². The average Bonchev–Trinajstić information content (AvgIpc) is 3.36. The zero-order chi connectivity index (χ0) is 24.7. The number of piperazine rings is 1. The third-order valence-electron chi connectivity index (χ3n) is 7.77. The lowest BCUT2D eigenvalue weighted by molar-refractivity contribution is 0.169. The molecule has 3 heterocycles. The van der Waals surface area contributed by atoms with Crippen LogP contribution in [0.4, 0.5) is 20.6 Å². The minimum atomic E-state index is -0.865. The van der Waals surface area contributed by atoms with E-state index in [0.717, 1.165) is 31.9 Å². The number of rotatable bonds is 5. The summed E-state index contributed by atoms with van der Waals surface area (Å²) in [5, 5.41) is 7.76. The summed E-state index contributed by atoms with van der Waals surface area (Å²) in [6, 6.07) is 6.13. The van der Waals surface area contributed by atoms with Crippen LogP contribution >= 0.6 is 11.6 Å². The number of nitrogens with one attached hydrogen (secondary N) is 1. The quantitative estimate of drug-likeness (QED) is 0.638. The van der Waals surface area contributed by atoms with E-state index >= 15 is 0 Å². The van der Waals surface area contributed by atoms with E-state index < -0.39 is 6.17 Å². The van der Waals surface area contributed by atoms with E-state index in [2.05, 4.69) is 46.0 Å². The van der Waals surface area contributed by atoms with Gasteiger partial charge in [0.25, 0.3) is 0 Å². The number of piperidine rings is 1. The predicted octanol–water partition coefficient (Wildman–Crippen LogP) is 4.66. The van der Waals surface area contributed by atoms with Crippen molar-refractivity contribution in [1.82, 2.24) is 19.9 Å². The van der Waals surface area contributed by atoms with E-state index in [9.17, 15) is 9.18 Å². The van der Waals surface area contributed by atoms with Gasteiger partial charge in [-0.1, -0.05) is 29.7 Å². The fourth-order valence-corrected chi connectivity index (χ4v) is 5.26. The van der Waals surface area contributed by atoms with Gasteiger partial charge in [0, 0.05) is 50.7 Å². The van der Waals surface area contributed by atoms with E-state index in [4.69, 9.17) is 16.1 Å². The van der Waals surface area contributed by atoms with Crippen LogP contribution in [0.2, 0.25) is 5.02 Å². The third-order valence-corrected chi connectivity index (χ3v) is 8.09. The first-order chi connectivity index (χ1) is 16.7. The lowest BCUT2D eigenvalue weighted by Gasteiger charge is -2.39. The molecule has 2 atom stereocenters. The standard InChI is InChI=1S/C25H34ClFN6O2/c1-16(2)31-11-13-32(14-12-31)20-6-4-5-18(26)21(20)28-24(34)33-9-7-25(3,8-10-33)23-29-22(35-30-23)17-15-19(17)27/h4-6,16-17,19H,7-15H2,1-3H3,(H,28,34)/t17-,19+/m0/s1. The molecule has 8 nitrogen and oxygen atoms in total. The molecule has 0 spiro atoms. The van der Waals surface area contributed by atoms with Gasteiger partial charge in [0.05, 0.1) is 22.3 Å². The highest BCUT2D eigenvalue weighted by molar-refractivity contribution is 6.34. The Morgan fingerprint density at radius 2 is 1.89 bits per heavy atom. The van der Waals surface area contributed by atoms with Gasteiger partial charge in [-0.25, -0.2) is 9.18 Å². The second-order valence-corrected chi connectivity index (χ2v) is 11.0. The summed E-state index contributed by atoms with van der Waals surface area (Å²) >= 11 is 6.56. The molecule has 1 saturated carbocycles. The van der Waals surface area contributed by atoms with E-state index in [0.29, 0.717) is 60.8 Å². The van der Waals surface area contributed by atoms with Crippen LogP contribution in [0.1, 0.15) is 57.7 Å². The first-order valence-electron chi connectivity index (χ1n) is 12.6. The van der Waals surface area contributed by atoms with Crippen LogP contribution in [0.3, 0.4) is 0 Å². The number of anilines is 2. The Labute approximate surface area is 210 Å². The number of nitrogens with zero attached hydrogens (tertiary/aromatic N) is 5. The summed E-state index contributed by atoms with van der Waals surface area (Å²) in [5.74, 6) is 0.763. The van der Waals surface area contributed by atoms with Crippen molar-refractivity contribution in [3.8, 4) is 0 Å². The van der Waals surface area contributed by atoms with Crippen LogP contribution < -0.4 is 10.2 Å². The minimum Gasteiger partial charge on any atom is -0.367 e. The second-order valence-electron chi connectivity index (χ2n) is 10.5. The minimum absolute atomic E-state index is 0.158. The van der Waals surface area contributed by atoms with Crippen molar-refractivity contribution in [2.75, 3.05) is 49.5 Å². The fourth-order valence-electron chi connectivity index (χ4n) is 5.04. The van der Waals surface area contributed by atoms with Crippen LogP contribution in [-0.2, 0) is 5.41 Å². The molecule has 190 valence electrons. The SMILES string of the molecule is CC(C)N1CCN(c2cccc(Cl)c2NC(=O)N2CCC(C)(c3noc([C@H]4C[C@H]4F)n3)CC2)CC1. The van der Waals surface area contributed by atoms with Gasteiger partial charge in [-0.3, -0.25) is 4.90 Å². The number of carbonyl (C=O) groups excluding carboxylic acids is 1. The number of aromatic nitrogens is 2. The highest BCUT2D eigenvalue weighted by atomic mass is 35.5. The first kappa shape index (κ1) is 24.3. The Morgan fingerprint density at radius 3 is 2.51 bits per heavy atom. The van der Waals surface area contributed by atoms with Gasteiger partial charge in [0.2, 0.25) is 5.89 Å². The molecule has 10 heteroatoms. The number of alkyl halides is 1. The number of urea groups is 1. The molecule has 5 rings (SSSR count). The molecule has 0 unspecified atom stereocenters. The Kier molecular flexibility index (Phi) is 6.65. The maximum Gasteiger partial charge on any atom is 0.321 e. The van der Waals surface area contributed by atoms with Crippen LogP contribution in [0, 0.1) is 0 Å². The van der Waals surface area contributed by atoms with Crippen molar-refractivity contribution >= 4 is 29.0 Å². The lowest BCUT2D eigenvalue weighted by Crippen LogP contribution is -2.49. The van der Waals surface area contributed by atoms with Gasteiger partial charge in [-0.15, -0.1) is 0 Å². The molecule has 1 aromatic carbocycles. The number of hydrogen-bond donors (Lipinski definition) is 1. The average molecular weight is 505 g/mol. The molecular formula is C25H34ClFN6O2. The Bertz CT molecular complexity index is 1060. The van der Waals surface area contributed by atoms with Crippen molar-refractivity contribution in [3.63, 3.8) is 0 Å². The number of carbonyl (C=O) groups is 1. The van der Waals surface area contributed by atoms with Gasteiger partial charge < -0.3 is 19.6 Å². The van der Waals surface area contributed by atoms with Crippen molar-refractivity contribution in [2.45, 2.75) is 63.6 Å². The first-order valence-corrected chi connectivity index (χ1v) is 12.9. The summed E-state index contributed by atoms with van der Waals surface area (Å²) in [6.07, 6.45) is 1.00. The maximum atomic E-state index is 13.4.